The maximum atomic E-state index is 4.32. The van der Waals surface area contributed by atoms with E-state index in [9.17, 15) is 0 Å². The Kier molecular flexibility index (Phi) is 3.39. The molecule has 0 spiro atoms. The van der Waals surface area contributed by atoms with Crippen LogP contribution >= 0.6 is 15.9 Å². The van der Waals surface area contributed by atoms with Gasteiger partial charge in [-0.3, -0.25) is 4.68 Å². The van der Waals surface area contributed by atoms with Crippen molar-refractivity contribution in [2.24, 2.45) is 7.05 Å². The van der Waals surface area contributed by atoms with Crippen LogP contribution in [0.25, 0.3) is 11.0 Å². The monoisotopic (exact) mass is 335 g/mol. The molecule has 104 valence electrons. The van der Waals surface area contributed by atoms with Crippen LogP contribution in [-0.2, 0) is 13.6 Å². The van der Waals surface area contributed by atoms with Crippen LogP contribution in [-0.4, -0.2) is 35.6 Å². The fourth-order valence-corrected chi connectivity index (χ4v) is 2.72. The molecule has 20 heavy (non-hydrogen) atoms. The topological polar surface area (TPSA) is 73.5 Å². The molecular weight excluding hydrogens is 322 g/mol. The molecule has 0 aliphatic carbocycles. The minimum atomic E-state index is 0.181. The lowest BCUT2D eigenvalue weighted by atomic mass is 10.3. The quantitative estimate of drug-likeness (QED) is 0.787. The highest BCUT2D eigenvalue weighted by molar-refractivity contribution is 9.10. The lowest BCUT2D eigenvalue weighted by molar-refractivity contribution is 0.560. The van der Waals surface area contributed by atoms with E-state index in [-0.39, 0.29) is 6.04 Å². The van der Waals surface area contributed by atoms with E-state index in [4.69, 9.17) is 0 Å². The SMILES string of the molecule is C[C@H](Cn1cccn1)Nc1ncnc2c1c(Br)nn2C. The van der Waals surface area contributed by atoms with Crippen molar-refractivity contribution in [3.63, 3.8) is 0 Å². The van der Waals surface area contributed by atoms with Gasteiger partial charge in [-0.2, -0.15) is 10.2 Å². The smallest absolute Gasteiger partial charge is 0.164 e. The van der Waals surface area contributed by atoms with Crippen molar-refractivity contribution in [2.75, 3.05) is 5.32 Å². The Labute approximate surface area is 124 Å². The average molecular weight is 336 g/mol. The molecule has 3 aromatic heterocycles. The summed E-state index contributed by atoms with van der Waals surface area (Å²) in [6, 6.07) is 2.09. The lowest BCUT2D eigenvalue weighted by Gasteiger charge is -2.15. The van der Waals surface area contributed by atoms with E-state index in [1.807, 2.05) is 24.0 Å². The fraction of sp³-hybridized carbons (Fsp3) is 0.333. The van der Waals surface area contributed by atoms with Gasteiger partial charge in [0.2, 0.25) is 0 Å². The van der Waals surface area contributed by atoms with Gasteiger partial charge in [0.1, 0.15) is 16.7 Å². The fourth-order valence-electron chi connectivity index (χ4n) is 2.12. The van der Waals surface area contributed by atoms with E-state index in [1.54, 1.807) is 17.2 Å². The number of anilines is 1. The highest BCUT2D eigenvalue weighted by Crippen LogP contribution is 2.27. The van der Waals surface area contributed by atoms with Crippen molar-refractivity contribution < 1.29 is 0 Å². The second kappa shape index (κ2) is 5.20. The zero-order valence-corrected chi connectivity index (χ0v) is 12.7. The van der Waals surface area contributed by atoms with E-state index in [0.717, 1.165) is 28.0 Å². The minimum absolute atomic E-state index is 0.181. The highest BCUT2D eigenvalue weighted by atomic mass is 79.9. The van der Waals surface area contributed by atoms with E-state index >= 15 is 0 Å². The van der Waals surface area contributed by atoms with Crippen molar-refractivity contribution in [2.45, 2.75) is 19.5 Å². The number of hydrogen-bond donors (Lipinski definition) is 1. The molecule has 3 aromatic rings. The first-order chi connectivity index (χ1) is 9.65. The Balaban J connectivity index is 1.87. The molecule has 0 bridgehead atoms. The Hall–Kier alpha value is -1.96. The van der Waals surface area contributed by atoms with Gasteiger partial charge in [0.25, 0.3) is 0 Å². The van der Waals surface area contributed by atoms with Crippen molar-refractivity contribution in [1.29, 1.82) is 0 Å². The van der Waals surface area contributed by atoms with Crippen LogP contribution in [0.2, 0.25) is 0 Å². The number of nitrogens with one attached hydrogen (secondary N) is 1. The van der Waals surface area contributed by atoms with Gasteiger partial charge in [-0.1, -0.05) is 0 Å². The summed E-state index contributed by atoms with van der Waals surface area (Å²) in [5, 5.41) is 12.8. The predicted octanol–water partition coefficient (Wildman–Crippen LogP) is 1.82. The maximum Gasteiger partial charge on any atom is 0.164 e. The standard InChI is InChI=1S/C12H14BrN7/c1-8(6-20-5-3-4-16-20)17-11-9-10(13)18-19(2)12(9)15-7-14-11/h3-5,7-8H,6H2,1-2H3,(H,14,15,17)/t8-/m1/s1. The highest BCUT2D eigenvalue weighted by Gasteiger charge is 2.14. The van der Waals surface area contributed by atoms with Crippen LogP contribution in [0.3, 0.4) is 0 Å². The van der Waals surface area contributed by atoms with Crippen molar-refractivity contribution >= 4 is 32.8 Å². The first-order valence-corrected chi connectivity index (χ1v) is 7.01. The number of fused-ring (bicyclic) bond motifs is 1. The third-order valence-electron chi connectivity index (χ3n) is 2.98. The summed E-state index contributed by atoms with van der Waals surface area (Å²) >= 11 is 3.45. The van der Waals surface area contributed by atoms with Gasteiger partial charge in [0.05, 0.1) is 11.9 Å². The number of aromatic nitrogens is 6. The number of aryl methyl sites for hydroxylation is 1. The summed E-state index contributed by atoms with van der Waals surface area (Å²) in [5.74, 6) is 0.773. The Morgan fingerprint density at radius 3 is 3.00 bits per heavy atom. The first kappa shape index (κ1) is 13.0. The zero-order chi connectivity index (χ0) is 14.1. The third-order valence-corrected chi connectivity index (χ3v) is 3.54. The number of halogens is 1. The molecule has 0 aliphatic heterocycles. The molecule has 8 heteroatoms. The van der Waals surface area contributed by atoms with Gasteiger partial charge < -0.3 is 5.32 Å². The Morgan fingerprint density at radius 2 is 2.25 bits per heavy atom. The van der Waals surface area contributed by atoms with Gasteiger partial charge in [0.15, 0.2) is 5.65 Å². The molecule has 0 saturated carbocycles. The first-order valence-electron chi connectivity index (χ1n) is 6.22. The van der Waals surface area contributed by atoms with Crippen LogP contribution in [0, 0.1) is 0 Å². The Morgan fingerprint density at radius 1 is 1.40 bits per heavy atom. The van der Waals surface area contributed by atoms with Gasteiger partial charge >= 0.3 is 0 Å². The van der Waals surface area contributed by atoms with E-state index in [1.165, 1.54) is 0 Å². The second-order valence-corrected chi connectivity index (χ2v) is 5.36. The normalized spacial score (nSPS) is 12.8. The molecule has 0 aliphatic rings. The number of hydrogen-bond acceptors (Lipinski definition) is 5. The van der Waals surface area contributed by atoms with Crippen LogP contribution in [0.5, 0.6) is 0 Å². The molecule has 0 aromatic carbocycles. The van der Waals surface area contributed by atoms with Crippen LogP contribution in [0.15, 0.2) is 29.4 Å². The van der Waals surface area contributed by atoms with Gasteiger partial charge in [-0.25, -0.2) is 14.6 Å². The van der Waals surface area contributed by atoms with E-state index in [2.05, 4.69) is 48.3 Å². The van der Waals surface area contributed by atoms with E-state index < -0.39 is 0 Å². The molecule has 1 N–H and O–H groups in total. The summed E-state index contributed by atoms with van der Waals surface area (Å²) in [4.78, 5) is 8.56. The number of rotatable bonds is 4. The van der Waals surface area contributed by atoms with Crippen LogP contribution in [0.4, 0.5) is 5.82 Å². The zero-order valence-electron chi connectivity index (χ0n) is 11.2. The van der Waals surface area contributed by atoms with Gasteiger partial charge in [-0.05, 0) is 28.9 Å². The van der Waals surface area contributed by atoms with Crippen molar-refractivity contribution in [3.05, 3.63) is 29.4 Å². The average Bonchev–Trinajstić information content (AvgIpc) is 2.99. The van der Waals surface area contributed by atoms with E-state index in [0.29, 0.717) is 0 Å². The molecule has 3 heterocycles. The Bertz CT molecular complexity index is 719. The molecular formula is C12H14BrN7. The van der Waals surface area contributed by atoms with Crippen molar-refractivity contribution in [3.8, 4) is 0 Å². The second-order valence-electron chi connectivity index (χ2n) is 4.61. The summed E-state index contributed by atoms with van der Waals surface area (Å²) in [7, 11) is 1.86. The molecule has 1 atom stereocenters. The molecule has 0 radical (unpaired) electrons. The van der Waals surface area contributed by atoms with Gasteiger partial charge in [0, 0.05) is 25.5 Å². The molecule has 7 nitrogen and oxygen atoms in total. The predicted molar refractivity (Wildman–Crippen MR) is 79.3 cm³/mol. The minimum Gasteiger partial charge on any atom is -0.365 e. The molecule has 0 unspecified atom stereocenters. The summed E-state index contributed by atoms with van der Waals surface area (Å²) in [5.41, 5.74) is 0.792. The molecule has 0 saturated heterocycles. The largest absolute Gasteiger partial charge is 0.365 e. The van der Waals surface area contributed by atoms with Gasteiger partial charge in [-0.15, -0.1) is 0 Å². The summed E-state index contributed by atoms with van der Waals surface area (Å²) in [6.07, 6.45) is 5.25. The summed E-state index contributed by atoms with van der Waals surface area (Å²) < 4.78 is 4.35. The molecule has 3 rings (SSSR count). The van der Waals surface area contributed by atoms with Crippen molar-refractivity contribution in [1.82, 2.24) is 29.5 Å². The van der Waals surface area contributed by atoms with Crippen LogP contribution in [0.1, 0.15) is 6.92 Å². The maximum absolute atomic E-state index is 4.32. The number of nitrogens with zero attached hydrogens (tertiary/aromatic N) is 6. The summed E-state index contributed by atoms with van der Waals surface area (Å²) in [6.45, 7) is 2.84. The molecule has 0 fully saturated rings. The molecule has 0 amide bonds. The third kappa shape index (κ3) is 2.38. The lowest BCUT2D eigenvalue weighted by Crippen LogP contribution is -2.23. The van der Waals surface area contributed by atoms with Crippen LogP contribution < -0.4 is 5.32 Å².